The summed E-state index contributed by atoms with van der Waals surface area (Å²) < 4.78 is 11.1. The number of carbonyl (C=O) groups excluding carboxylic acids is 2. The number of ketones is 1. The Morgan fingerprint density at radius 1 is 1.08 bits per heavy atom. The first-order chi connectivity index (χ1) is 12.0. The van der Waals surface area contributed by atoms with Crippen LogP contribution in [0.4, 0.5) is 5.69 Å². The molecule has 2 aromatic carbocycles. The van der Waals surface area contributed by atoms with Crippen LogP contribution in [0.3, 0.4) is 0 Å². The number of hydrogen-bond acceptors (Lipinski definition) is 4. The number of hydrogen-bond donors (Lipinski definition) is 1. The molecule has 6 heteroatoms. The van der Waals surface area contributed by atoms with Gasteiger partial charge in [-0.1, -0.05) is 45.8 Å². The van der Waals surface area contributed by atoms with Crippen LogP contribution in [0.5, 0.6) is 11.5 Å². The second-order valence-electron chi connectivity index (χ2n) is 5.84. The number of fused-ring (bicyclic) bond motifs is 1. The maximum Gasteiger partial charge on any atom is 0.237 e. The van der Waals surface area contributed by atoms with Crippen molar-refractivity contribution in [2.45, 2.75) is 18.7 Å². The molecule has 0 spiro atoms. The summed E-state index contributed by atoms with van der Waals surface area (Å²) in [6.07, 6.45) is 0. The maximum atomic E-state index is 13.0. The second-order valence-corrected chi connectivity index (χ2v) is 7.22. The minimum Gasteiger partial charge on any atom is -0.486 e. The number of halogens is 1. The predicted molar refractivity (Wildman–Crippen MR) is 99.1 cm³/mol. The number of anilines is 1. The molecule has 1 aliphatic rings. The van der Waals surface area contributed by atoms with Crippen LogP contribution in [-0.4, -0.2) is 29.7 Å². The van der Waals surface area contributed by atoms with E-state index >= 15 is 0 Å². The highest BCUT2D eigenvalue weighted by Gasteiger charge is 2.22. The predicted octanol–water partition coefficient (Wildman–Crippen LogP) is 3.72. The van der Waals surface area contributed by atoms with Gasteiger partial charge in [-0.25, -0.2) is 0 Å². The Hall–Kier alpha value is -2.34. The number of nitrogens with one attached hydrogen (secondary N) is 1. The highest BCUT2D eigenvalue weighted by Crippen LogP contribution is 2.36. The van der Waals surface area contributed by atoms with Crippen molar-refractivity contribution >= 4 is 33.3 Å². The average Bonchev–Trinajstić information content (AvgIpc) is 2.61. The smallest absolute Gasteiger partial charge is 0.237 e. The van der Waals surface area contributed by atoms with Crippen molar-refractivity contribution in [1.82, 2.24) is 0 Å². The molecule has 2 aromatic rings. The molecule has 25 heavy (non-hydrogen) atoms. The van der Waals surface area contributed by atoms with Crippen molar-refractivity contribution in [3.05, 3.63) is 53.1 Å². The third-order valence-corrected chi connectivity index (χ3v) is 4.28. The van der Waals surface area contributed by atoms with Gasteiger partial charge in [0, 0.05) is 11.6 Å². The van der Waals surface area contributed by atoms with E-state index < -0.39 is 0 Å². The van der Waals surface area contributed by atoms with Crippen LogP contribution < -0.4 is 14.8 Å². The molecule has 1 N–H and O–H groups in total. The van der Waals surface area contributed by atoms with E-state index in [1.807, 2.05) is 19.1 Å². The summed E-state index contributed by atoms with van der Waals surface area (Å²) in [6.45, 7) is 4.53. The molecule has 0 fully saturated rings. The summed E-state index contributed by atoms with van der Waals surface area (Å²) in [5, 5.41) is 2.78. The molecule has 0 radical (unpaired) electrons. The molecular formula is C19H18BrNO4. The number of alkyl halides is 1. The fourth-order valence-corrected chi connectivity index (χ4v) is 2.59. The fraction of sp³-hybridized carbons (Fsp3) is 0.263. The number of benzene rings is 2. The minimum atomic E-state index is -0.386. The van der Waals surface area contributed by atoms with E-state index in [0.29, 0.717) is 41.5 Å². The molecule has 0 saturated heterocycles. The van der Waals surface area contributed by atoms with Crippen LogP contribution in [0.15, 0.2) is 36.4 Å². The lowest BCUT2D eigenvalue weighted by Crippen LogP contribution is -2.23. The Labute approximate surface area is 154 Å². The molecule has 0 aromatic heterocycles. The van der Waals surface area contributed by atoms with Crippen molar-refractivity contribution < 1.29 is 19.1 Å². The first kappa shape index (κ1) is 17.5. The topological polar surface area (TPSA) is 64.6 Å². The number of aryl methyl sites for hydroxylation is 1. The monoisotopic (exact) mass is 403 g/mol. The number of ether oxygens (including phenoxy) is 2. The van der Waals surface area contributed by atoms with Gasteiger partial charge in [0.2, 0.25) is 5.91 Å². The summed E-state index contributed by atoms with van der Waals surface area (Å²) in [6, 6.07) is 10.6. The van der Waals surface area contributed by atoms with Crippen LogP contribution in [0.1, 0.15) is 28.4 Å². The van der Waals surface area contributed by atoms with Gasteiger partial charge in [0.25, 0.3) is 0 Å². The van der Waals surface area contributed by atoms with Gasteiger partial charge in [-0.2, -0.15) is 0 Å². The summed E-state index contributed by atoms with van der Waals surface area (Å²) in [7, 11) is 0. The SMILES string of the molecule is Cc1ccc(C(=O)c2cc3c(cc2NC(=O)[C@H](C)Br)OCCO3)cc1. The number of carbonyl (C=O) groups is 2. The lowest BCUT2D eigenvalue weighted by Gasteiger charge is -2.21. The van der Waals surface area contributed by atoms with E-state index in [1.165, 1.54) is 0 Å². The Bertz CT molecular complexity index is 815. The van der Waals surface area contributed by atoms with Crippen molar-refractivity contribution in [2.24, 2.45) is 0 Å². The minimum absolute atomic E-state index is 0.186. The molecule has 1 heterocycles. The zero-order valence-electron chi connectivity index (χ0n) is 14.0. The van der Waals surface area contributed by atoms with Gasteiger partial charge in [0.05, 0.1) is 16.1 Å². The van der Waals surface area contributed by atoms with E-state index in [0.717, 1.165) is 5.56 Å². The largest absolute Gasteiger partial charge is 0.486 e. The summed E-state index contributed by atoms with van der Waals surface area (Å²) in [5.41, 5.74) is 2.39. The van der Waals surface area contributed by atoms with Gasteiger partial charge in [0.1, 0.15) is 13.2 Å². The lowest BCUT2D eigenvalue weighted by atomic mass is 9.99. The van der Waals surface area contributed by atoms with Crippen LogP contribution in [-0.2, 0) is 4.79 Å². The van der Waals surface area contributed by atoms with Gasteiger partial charge in [-0.3, -0.25) is 9.59 Å². The molecular weight excluding hydrogens is 386 g/mol. The van der Waals surface area contributed by atoms with Crippen molar-refractivity contribution in [3.63, 3.8) is 0 Å². The second kappa shape index (κ2) is 7.27. The van der Waals surface area contributed by atoms with E-state index in [2.05, 4.69) is 21.2 Å². The Balaban J connectivity index is 2.04. The van der Waals surface area contributed by atoms with Crippen molar-refractivity contribution in [1.29, 1.82) is 0 Å². The van der Waals surface area contributed by atoms with Crippen molar-refractivity contribution in [2.75, 3.05) is 18.5 Å². The number of rotatable bonds is 4. The fourth-order valence-electron chi connectivity index (χ4n) is 2.47. The first-order valence-corrected chi connectivity index (χ1v) is 8.87. The van der Waals surface area contributed by atoms with Gasteiger partial charge in [-0.05, 0) is 19.9 Å². The molecule has 5 nitrogen and oxygen atoms in total. The Kier molecular flexibility index (Phi) is 5.08. The molecule has 1 aliphatic heterocycles. The van der Waals surface area contributed by atoms with Crippen LogP contribution in [0, 0.1) is 6.92 Å². The van der Waals surface area contributed by atoms with Crippen LogP contribution in [0.2, 0.25) is 0 Å². The molecule has 130 valence electrons. The van der Waals surface area contributed by atoms with Gasteiger partial charge in [-0.15, -0.1) is 0 Å². The van der Waals surface area contributed by atoms with Crippen molar-refractivity contribution in [3.8, 4) is 11.5 Å². The molecule has 0 saturated carbocycles. The molecule has 0 unspecified atom stereocenters. The van der Waals surface area contributed by atoms with E-state index in [1.54, 1.807) is 31.2 Å². The van der Waals surface area contributed by atoms with E-state index in [4.69, 9.17) is 9.47 Å². The standard InChI is InChI=1S/C19H18BrNO4/c1-11-3-5-13(6-4-11)18(22)14-9-16-17(25-8-7-24-16)10-15(14)21-19(23)12(2)20/h3-6,9-10,12H,7-8H2,1-2H3,(H,21,23)/t12-/m0/s1. The molecule has 0 bridgehead atoms. The highest BCUT2D eigenvalue weighted by molar-refractivity contribution is 9.10. The molecule has 0 aliphatic carbocycles. The zero-order chi connectivity index (χ0) is 18.0. The number of amides is 1. The Morgan fingerprint density at radius 3 is 2.28 bits per heavy atom. The maximum absolute atomic E-state index is 13.0. The molecule has 1 atom stereocenters. The van der Waals surface area contributed by atoms with E-state index in [9.17, 15) is 9.59 Å². The third kappa shape index (κ3) is 3.85. The Morgan fingerprint density at radius 2 is 1.68 bits per heavy atom. The summed E-state index contributed by atoms with van der Waals surface area (Å²) in [5.74, 6) is 0.597. The van der Waals surface area contributed by atoms with E-state index in [-0.39, 0.29) is 16.5 Å². The summed E-state index contributed by atoms with van der Waals surface area (Å²) >= 11 is 3.23. The van der Waals surface area contributed by atoms with Crippen LogP contribution >= 0.6 is 15.9 Å². The first-order valence-electron chi connectivity index (χ1n) is 7.95. The average molecular weight is 404 g/mol. The van der Waals surface area contributed by atoms with Gasteiger partial charge < -0.3 is 14.8 Å². The van der Waals surface area contributed by atoms with Crippen LogP contribution in [0.25, 0.3) is 0 Å². The third-order valence-electron chi connectivity index (χ3n) is 3.86. The normalized spacial score (nSPS) is 13.9. The van der Waals surface area contributed by atoms with Gasteiger partial charge >= 0.3 is 0 Å². The summed E-state index contributed by atoms with van der Waals surface area (Å²) in [4.78, 5) is 24.7. The lowest BCUT2D eigenvalue weighted by molar-refractivity contribution is -0.115. The quantitative estimate of drug-likeness (QED) is 0.623. The van der Waals surface area contributed by atoms with Gasteiger partial charge in [0.15, 0.2) is 17.3 Å². The molecule has 1 amide bonds. The zero-order valence-corrected chi connectivity index (χ0v) is 15.6. The molecule has 3 rings (SSSR count). The highest BCUT2D eigenvalue weighted by atomic mass is 79.9.